The molecular weight excluding hydrogens is 232 g/mol. The standard InChI is InChI=1S/C10H12O7/c1-2-10(15)8(13)16-6(11)4-3-5-7(12)17-9(10)14/h15H,2-5H2,1H3. The Labute approximate surface area is 96.7 Å². The lowest BCUT2D eigenvalue weighted by molar-refractivity contribution is -0.189. The number of aliphatic hydroxyl groups is 1. The van der Waals surface area contributed by atoms with E-state index in [1.807, 2.05) is 0 Å². The number of ether oxygens (including phenoxy) is 2. The first kappa shape index (κ1) is 13.3. The summed E-state index contributed by atoms with van der Waals surface area (Å²) in [6.07, 6.45) is -0.558. The molecule has 0 aromatic heterocycles. The molecule has 0 radical (unpaired) electrons. The first-order chi connectivity index (χ1) is 7.90. The normalized spacial score (nSPS) is 21.8. The molecule has 7 heteroatoms. The van der Waals surface area contributed by atoms with Gasteiger partial charge in [-0.1, -0.05) is 6.92 Å². The molecule has 1 fully saturated rings. The van der Waals surface area contributed by atoms with Crippen LogP contribution in [0.5, 0.6) is 0 Å². The van der Waals surface area contributed by atoms with Crippen LogP contribution in [0.4, 0.5) is 0 Å². The number of rotatable bonds is 1. The molecular formula is C10H12O7. The summed E-state index contributed by atoms with van der Waals surface area (Å²) >= 11 is 0. The zero-order chi connectivity index (χ0) is 13.1. The molecule has 1 heterocycles. The van der Waals surface area contributed by atoms with Crippen LogP contribution in [0.3, 0.4) is 0 Å². The molecule has 0 aromatic carbocycles. The molecule has 0 atom stereocenters. The predicted molar refractivity (Wildman–Crippen MR) is 51.3 cm³/mol. The number of cyclic esters (lactones) is 4. The van der Waals surface area contributed by atoms with Crippen molar-refractivity contribution in [2.45, 2.75) is 38.2 Å². The van der Waals surface area contributed by atoms with Crippen LogP contribution in [-0.2, 0) is 28.7 Å². The molecule has 0 saturated carbocycles. The molecule has 0 spiro atoms. The van der Waals surface area contributed by atoms with Crippen LogP contribution in [0.15, 0.2) is 0 Å². The van der Waals surface area contributed by atoms with Crippen LogP contribution in [0.1, 0.15) is 32.6 Å². The van der Waals surface area contributed by atoms with Gasteiger partial charge in [-0.25, -0.2) is 9.59 Å². The van der Waals surface area contributed by atoms with E-state index in [-0.39, 0.29) is 25.7 Å². The second-order valence-corrected chi connectivity index (χ2v) is 3.59. The highest BCUT2D eigenvalue weighted by molar-refractivity contribution is 6.08. The molecule has 0 bridgehead atoms. The summed E-state index contributed by atoms with van der Waals surface area (Å²) < 4.78 is 8.60. The molecule has 0 aromatic rings. The maximum absolute atomic E-state index is 11.4. The summed E-state index contributed by atoms with van der Waals surface area (Å²) in [7, 11) is 0. The third-order valence-corrected chi connectivity index (χ3v) is 2.36. The third-order valence-electron chi connectivity index (χ3n) is 2.36. The van der Waals surface area contributed by atoms with Gasteiger partial charge in [-0.2, -0.15) is 0 Å². The van der Waals surface area contributed by atoms with Crippen molar-refractivity contribution in [2.75, 3.05) is 0 Å². The fourth-order valence-corrected chi connectivity index (χ4v) is 1.23. The molecule has 0 unspecified atom stereocenters. The lowest BCUT2D eigenvalue weighted by Gasteiger charge is -2.21. The van der Waals surface area contributed by atoms with Gasteiger partial charge in [0, 0.05) is 12.8 Å². The van der Waals surface area contributed by atoms with E-state index in [4.69, 9.17) is 0 Å². The third kappa shape index (κ3) is 2.88. The summed E-state index contributed by atoms with van der Waals surface area (Å²) in [5, 5.41) is 9.72. The summed E-state index contributed by atoms with van der Waals surface area (Å²) in [5.74, 6) is -4.59. The fraction of sp³-hybridized carbons (Fsp3) is 0.600. The average molecular weight is 244 g/mol. The molecule has 0 amide bonds. The number of carbonyl (C=O) groups is 4. The summed E-state index contributed by atoms with van der Waals surface area (Å²) in [6, 6.07) is 0. The second-order valence-electron chi connectivity index (χ2n) is 3.59. The first-order valence-corrected chi connectivity index (χ1v) is 5.12. The molecule has 1 aliphatic heterocycles. The summed E-state index contributed by atoms with van der Waals surface area (Å²) in [6.45, 7) is 1.32. The van der Waals surface area contributed by atoms with Crippen LogP contribution in [0.25, 0.3) is 0 Å². The van der Waals surface area contributed by atoms with Gasteiger partial charge in [0.15, 0.2) is 0 Å². The monoisotopic (exact) mass is 244 g/mol. The van der Waals surface area contributed by atoms with E-state index in [1.165, 1.54) is 6.92 Å². The van der Waals surface area contributed by atoms with Crippen LogP contribution in [0.2, 0.25) is 0 Å². The number of hydrogen-bond donors (Lipinski definition) is 1. The molecule has 7 nitrogen and oxygen atoms in total. The van der Waals surface area contributed by atoms with Crippen LogP contribution in [0, 0.1) is 0 Å². The van der Waals surface area contributed by atoms with E-state index in [1.54, 1.807) is 0 Å². The van der Waals surface area contributed by atoms with Gasteiger partial charge in [0.05, 0.1) is 0 Å². The quantitative estimate of drug-likeness (QED) is 0.487. The molecule has 17 heavy (non-hydrogen) atoms. The van der Waals surface area contributed by atoms with Gasteiger partial charge < -0.3 is 14.6 Å². The first-order valence-electron chi connectivity index (χ1n) is 5.12. The Morgan fingerprint density at radius 2 is 1.47 bits per heavy atom. The van der Waals surface area contributed by atoms with Crippen molar-refractivity contribution in [3.8, 4) is 0 Å². The maximum atomic E-state index is 11.4. The minimum Gasteiger partial charge on any atom is -0.391 e. The fourth-order valence-electron chi connectivity index (χ4n) is 1.23. The van der Waals surface area contributed by atoms with Gasteiger partial charge in [0.2, 0.25) is 0 Å². The van der Waals surface area contributed by atoms with E-state index >= 15 is 0 Å². The molecule has 1 N–H and O–H groups in total. The molecule has 1 rings (SSSR count). The van der Waals surface area contributed by atoms with Crippen molar-refractivity contribution < 1.29 is 33.8 Å². The molecule has 94 valence electrons. The topological polar surface area (TPSA) is 107 Å². The minimum absolute atomic E-state index is 0.114. The van der Waals surface area contributed by atoms with Gasteiger partial charge in [0.25, 0.3) is 5.60 Å². The molecule has 1 aliphatic rings. The van der Waals surface area contributed by atoms with E-state index < -0.39 is 29.5 Å². The van der Waals surface area contributed by atoms with Crippen molar-refractivity contribution in [3.63, 3.8) is 0 Å². The Bertz CT molecular complexity index is 341. The van der Waals surface area contributed by atoms with Crippen LogP contribution >= 0.6 is 0 Å². The summed E-state index contributed by atoms with van der Waals surface area (Å²) in [5.41, 5.74) is -2.61. The predicted octanol–water partition coefficient (Wildman–Crippen LogP) is -0.549. The number of esters is 4. The van der Waals surface area contributed by atoms with Crippen LogP contribution < -0.4 is 0 Å². The SMILES string of the molecule is CCC1(O)C(=O)OC(=O)CCCC(=O)OC1=O. The minimum atomic E-state index is -2.61. The van der Waals surface area contributed by atoms with Gasteiger partial charge in [-0.3, -0.25) is 9.59 Å². The molecule has 1 saturated heterocycles. The van der Waals surface area contributed by atoms with E-state index in [2.05, 4.69) is 9.47 Å². The maximum Gasteiger partial charge on any atom is 0.357 e. The van der Waals surface area contributed by atoms with Crippen molar-refractivity contribution in [2.24, 2.45) is 0 Å². The van der Waals surface area contributed by atoms with E-state index in [0.29, 0.717) is 0 Å². The number of carbonyl (C=O) groups excluding carboxylic acids is 4. The summed E-state index contributed by atoms with van der Waals surface area (Å²) in [4.78, 5) is 45.0. The highest BCUT2D eigenvalue weighted by Gasteiger charge is 2.48. The largest absolute Gasteiger partial charge is 0.391 e. The highest BCUT2D eigenvalue weighted by atomic mass is 16.6. The van der Waals surface area contributed by atoms with Crippen molar-refractivity contribution in [1.82, 2.24) is 0 Å². The Morgan fingerprint density at radius 3 is 1.82 bits per heavy atom. The Morgan fingerprint density at radius 1 is 1.06 bits per heavy atom. The van der Waals surface area contributed by atoms with Crippen LogP contribution in [-0.4, -0.2) is 34.6 Å². The molecule has 0 aliphatic carbocycles. The van der Waals surface area contributed by atoms with Gasteiger partial charge >= 0.3 is 23.9 Å². The Balaban J connectivity index is 2.99. The second kappa shape index (κ2) is 5.05. The number of hydrogen-bond acceptors (Lipinski definition) is 7. The lowest BCUT2D eigenvalue weighted by atomic mass is 10.0. The highest BCUT2D eigenvalue weighted by Crippen LogP contribution is 2.17. The van der Waals surface area contributed by atoms with E-state index in [0.717, 1.165) is 0 Å². The van der Waals surface area contributed by atoms with Crippen molar-refractivity contribution >= 4 is 23.9 Å². The van der Waals surface area contributed by atoms with Gasteiger partial charge in [-0.05, 0) is 12.8 Å². The Kier molecular flexibility index (Phi) is 3.95. The van der Waals surface area contributed by atoms with Crippen molar-refractivity contribution in [3.05, 3.63) is 0 Å². The van der Waals surface area contributed by atoms with Crippen molar-refractivity contribution in [1.29, 1.82) is 0 Å². The Hall–Kier alpha value is -1.76. The van der Waals surface area contributed by atoms with E-state index in [9.17, 15) is 24.3 Å². The average Bonchev–Trinajstić information content (AvgIpc) is 2.26. The zero-order valence-electron chi connectivity index (χ0n) is 9.23. The zero-order valence-corrected chi connectivity index (χ0v) is 9.23. The van der Waals surface area contributed by atoms with Gasteiger partial charge in [-0.15, -0.1) is 0 Å². The smallest absolute Gasteiger partial charge is 0.357 e. The van der Waals surface area contributed by atoms with Gasteiger partial charge in [0.1, 0.15) is 0 Å². The lowest BCUT2D eigenvalue weighted by Crippen LogP contribution is -2.49.